The van der Waals surface area contributed by atoms with E-state index in [0.717, 1.165) is 6.07 Å². The Balaban J connectivity index is 2.18. The smallest absolute Gasteiger partial charge is 0.256 e. The minimum Gasteiger partial charge on any atom is -0.396 e. The van der Waals surface area contributed by atoms with Gasteiger partial charge in [-0.1, -0.05) is 0 Å². The molecule has 1 saturated heterocycles. The lowest BCUT2D eigenvalue weighted by molar-refractivity contribution is 0.0358. The average Bonchev–Trinajstić information content (AvgIpc) is 2.21. The lowest BCUT2D eigenvalue weighted by atomic mass is 9.99. The summed E-state index contributed by atoms with van der Waals surface area (Å²) in [4.78, 5) is 13.2. The molecule has 3 N–H and O–H groups in total. The number of halogens is 2. The topological polar surface area (TPSA) is 66.6 Å². The van der Waals surface area contributed by atoms with Gasteiger partial charge in [0.05, 0.1) is 11.3 Å². The van der Waals surface area contributed by atoms with E-state index in [1.807, 2.05) is 0 Å². The molecule has 1 amide bonds. The van der Waals surface area contributed by atoms with Gasteiger partial charge in [-0.3, -0.25) is 4.79 Å². The first kappa shape index (κ1) is 11.8. The van der Waals surface area contributed by atoms with E-state index in [2.05, 4.69) is 0 Å². The van der Waals surface area contributed by atoms with Crippen molar-refractivity contribution in [2.45, 2.75) is 0 Å². The molecule has 0 spiro atoms. The van der Waals surface area contributed by atoms with Crippen molar-refractivity contribution >= 4 is 11.6 Å². The molecule has 0 unspecified atom stereocenters. The molecular formula is C11H12F2N2O2. The molecule has 2 rings (SSSR count). The quantitative estimate of drug-likeness (QED) is 0.747. The zero-order valence-electron chi connectivity index (χ0n) is 8.99. The molecule has 1 fully saturated rings. The maximum absolute atomic E-state index is 13.4. The minimum absolute atomic E-state index is 0.00216. The number of nitrogen functional groups attached to an aromatic ring is 1. The Morgan fingerprint density at radius 1 is 1.41 bits per heavy atom. The third-order valence-corrected chi connectivity index (χ3v) is 2.82. The van der Waals surface area contributed by atoms with Crippen LogP contribution in [0.25, 0.3) is 0 Å². The molecule has 1 heterocycles. The molecule has 0 radical (unpaired) electrons. The number of hydrogen-bond donors (Lipinski definition) is 2. The summed E-state index contributed by atoms with van der Waals surface area (Å²) >= 11 is 0. The van der Waals surface area contributed by atoms with Gasteiger partial charge in [0.1, 0.15) is 11.6 Å². The Labute approximate surface area is 96.6 Å². The number of nitrogens with zero attached hydrogens (tertiary/aromatic N) is 1. The second kappa shape index (κ2) is 4.29. The summed E-state index contributed by atoms with van der Waals surface area (Å²) in [5.41, 5.74) is 4.80. The minimum atomic E-state index is -0.922. The number of hydrogen-bond acceptors (Lipinski definition) is 3. The van der Waals surface area contributed by atoms with Gasteiger partial charge >= 0.3 is 0 Å². The van der Waals surface area contributed by atoms with Crippen molar-refractivity contribution < 1.29 is 18.7 Å². The molecule has 0 atom stereocenters. The fraction of sp³-hybridized carbons (Fsp3) is 0.364. The summed E-state index contributed by atoms with van der Waals surface area (Å²) in [5.74, 6) is -2.29. The number of likely N-dealkylation sites (tertiary alicyclic amines) is 1. The summed E-state index contributed by atoms with van der Waals surface area (Å²) in [6, 6.07) is 1.60. The predicted octanol–water partition coefficient (Wildman–Crippen LogP) is 0.611. The van der Waals surface area contributed by atoms with Crippen LogP contribution < -0.4 is 5.73 Å². The van der Waals surface area contributed by atoms with E-state index < -0.39 is 17.5 Å². The first-order chi connectivity index (χ1) is 8.02. The summed E-state index contributed by atoms with van der Waals surface area (Å²) in [6.45, 7) is 0.760. The van der Waals surface area contributed by atoms with E-state index in [1.165, 1.54) is 4.90 Å². The molecule has 1 aromatic rings. The lowest BCUT2D eigenvalue weighted by Crippen LogP contribution is -2.51. The Morgan fingerprint density at radius 3 is 2.65 bits per heavy atom. The highest BCUT2D eigenvalue weighted by molar-refractivity contribution is 5.95. The number of anilines is 1. The fourth-order valence-corrected chi connectivity index (χ4v) is 1.75. The number of carbonyl (C=O) groups is 1. The van der Waals surface area contributed by atoms with E-state index >= 15 is 0 Å². The monoisotopic (exact) mass is 242 g/mol. The van der Waals surface area contributed by atoms with Crippen LogP contribution in [0.2, 0.25) is 0 Å². The van der Waals surface area contributed by atoms with Crippen molar-refractivity contribution in [3.63, 3.8) is 0 Å². The van der Waals surface area contributed by atoms with Crippen molar-refractivity contribution in [2.75, 3.05) is 25.4 Å². The zero-order valence-corrected chi connectivity index (χ0v) is 8.99. The molecule has 0 saturated carbocycles. The van der Waals surface area contributed by atoms with Crippen LogP contribution in [0, 0.1) is 17.6 Å². The highest BCUT2D eigenvalue weighted by Gasteiger charge is 2.32. The summed E-state index contributed by atoms with van der Waals surface area (Å²) in [6.07, 6.45) is 0. The fourth-order valence-electron chi connectivity index (χ4n) is 1.75. The van der Waals surface area contributed by atoms with Gasteiger partial charge in [0.25, 0.3) is 5.91 Å². The molecule has 0 aromatic heterocycles. The van der Waals surface area contributed by atoms with Gasteiger partial charge in [-0.15, -0.1) is 0 Å². The zero-order chi connectivity index (χ0) is 12.6. The molecule has 92 valence electrons. The summed E-state index contributed by atoms with van der Waals surface area (Å²) in [5, 5.41) is 8.81. The third-order valence-electron chi connectivity index (χ3n) is 2.82. The van der Waals surface area contributed by atoms with Crippen molar-refractivity contribution in [1.29, 1.82) is 0 Å². The van der Waals surface area contributed by atoms with E-state index in [-0.39, 0.29) is 23.8 Å². The van der Waals surface area contributed by atoms with Crippen LogP contribution in [0.4, 0.5) is 14.5 Å². The van der Waals surface area contributed by atoms with Crippen LogP contribution in [-0.4, -0.2) is 35.6 Å². The van der Waals surface area contributed by atoms with E-state index in [4.69, 9.17) is 10.8 Å². The molecular weight excluding hydrogens is 230 g/mol. The highest BCUT2D eigenvalue weighted by Crippen LogP contribution is 2.22. The van der Waals surface area contributed by atoms with Crippen LogP contribution in [0.15, 0.2) is 12.1 Å². The highest BCUT2D eigenvalue weighted by atomic mass is 19.1. The Morgan fingerprint density at radius 2 is 2.06 bits per heavy atom. The van der Waals surface area contributed by atoms with Gasteiger partial charge < -0.3 is 15.7 Å². The van der Waals surface area contributed by atoms with E-state index in [1.54, 1.807) is 0 Å². The standard InChI is InChI=1S/C11H12F2N2O2/c12-8-2-9(13)10(14)1-7(8)11(17)15-3-6(4-15)5-16/h1-2,6,16H,3-5,14H2. The van der Waals surface area contributed by atoms with Crippen LogP contribution in [-0.2, 0) is 0 Å². The maximum atomic E-state index is 13.4. The number of aliphatic hydroxyl groups is 1. The number of amides is 1. The van der Waals surface area contributed by atoms with Gasteiger partial charge in [-0.2, -0.15) is 0 Å². The molecule has 1 aliphatic rings. The molecule has 6 heteroatoms. The van der Waals surface area contributed by atoms with Crippen LogP contribution in [0.5, 0.6) is 0 Å². The van der Waals surface area contributed by atoms with Crippen molar-refractivity contribution in [3.8, 4) is 0 Å². The average molecular weight is 242 g/mol. The Hall–Kier alpha value is -1.69. The Kier molecular flexibility index (Phi) is 2.97. The number of rotatable bonds is 2. The molecule has 17 heavy (non-hydrogen) atoms. The van der Waals surface area contributed by atoms with Crippen LogP contribution >= 0.6 is 0 Å². The number of benzene rings is 1. The molecule has 0 aliphatic carbocycles. The van der Waals surface area contributed by atoms with Gasteiger partial charge in [-0.25, -0.2) is 8.78 Å². The number of carbonyl (C=O) groups excluding carboxylic acids is 1. The van der Waals surface area contributed by atoms with Crippen molar-refractivity contribution in [3.05, 3.63) is 29.3 Å². The summed E-state index contributed by atoms with van der Waals surface area (Å²) in [7, 11) is 0. The van der Waals surface area contributed by atoms with Crippen LogP contribution in [0.3, 0.4) is 0 Å². The second-order valence-corrected chi connectivity index (χ2v) is 4.11. The summed E-state index contributed by atoms with van der Waals surface area (Å²) < 4.78 is 26.3. The molecule has 1 aliphatic heterocycles. The molecule has 4 nitrogen and oxygen atoms in total. The maximum Gasteiger partial charge on any atom is 0.256 e. The lowest BCUT2D eigenvalue weighted by Gasteiger charge is -2.38. The number of aliphatic hydroxyl groups excluding tert-OH is 1. The van der Waals surface area contributed by atoms with E-state index in [0.29, 0.717) is 19.2 Å². The normalized spacial score (nSPS) is 15.8. The van der Waals surface area contributed by atoms with Crippen molar-refractivity contribution in [1.82, 2.24) is 4.90 Å². The van der Waals surface area contributed by atoms with Crippen molar-refractivity contribution in [2.24, 2.45) is 5.92 Å². The van der Waals surface area contributed by atoms with E-state index in [9.17, 15) is 13.6 Å². The first-order valence-corrected chi connectivity index (χ1v) is 5.17. The Bertz CT molecular complexity index is 459. The van der Waals surface area contributed by atoms with Gasteiger partial charge in [-0.05, 0) is 6.07 Å². The largest absolute Gasteiger partial charge is 0.396 e. The first-order valence-electron chi connectivity index (χ1n) is 5.17. The van der Waals surface area contributed by atoms with Gasteiger partial charge in [0, 0.05) is 31.7 Å². The number of nitrogens with two attached hydrogens (primary N) is 1. The second-order valence-electron chi connectivity index (χ2n) is 4.11. The third kappa shape index (κ3) is 2.08. The predicted molar refractivity (Wildman–Crippen MR) is 57.2 cm³/mol. The molecule has 1 aromatic carbocycles. The van der Waals surface area contributed by atoms with Gasteiger partial charge in [0.15, 0.2) is 0 Å². The SMILES string of the molecule is Nc1cc(C(=O)N2CC(CO)C2)c(F)cc1F. The van der Waals surface area contributed by atoms with Gasteiger partial charge in [0.2, 0.25) is 0 Å². The molecule has 0 bridgehead atoms. The van der Waals surface area contributed by atoms with Crippen LogP contribution in [0.1, 0.15) is 10.4 Å².